The summed E-state index contributed by atoms with van der Waals surface area (Å²) in [7, 11) is 0. The van der Waals surface area contributed by atoms with Gasteiger partial charge in [0.1, 0.15) is 4.99 Å². The summed E-state index contributed by atoms with van der Waals surface area (Å²) in [5.41, 5.74) is 4.19. The van der Waals surface area contributed by atoms with E-state index in [-0.39, 0.29) is 0 Å². The number of nitrogens with one attached hydrogen (secondary N) is 1. The minimum absolute atomic E-state index is 0.734. The second-order valence-corrected chi connectivity index (χ2v) is 4.89. The molecular weight excluding hydrogens is 262 g/mol. The number of hydrogen-bond donors (Lipinski definition) is 1. The topological polar surface area (TPSA) is 12.0 Å². The minimum Gasteiger partial charge on any atom is -0.346 e. The molecule has 0 fully saturated rings. The summed E-state index contributed by atoms with van der Waals surface area (Å²) in [6.45, 7) is 0. The van der Waals surface area contributed by atoms with Gasteiger partial charge >= 0.3 is 0 Å². The molecule has 2 aromatic rings. The van der Waals surface area contributed by atoms with E-state index < -0.39 is 0 Å². The van der Waals surface area contributed by atoms with E-state index in [1.807, 2.05) is 48.5 Å². The van der Waals surface area contributed by atoms with E-state index in [2.05, 4.69) is 11.4 Å². The number of para-hydroxylation sites is 1. The van der Waals surface area contributed by atoms with Crippen LogP contribution in [0.1, 0.15) is 11.1 Å². The van der Waals surface area contributed by atoms with Crippen molar-refractivity contribution < 1.29 is 0 Å². The molecule has 1 aliphatic rings. The second-order valence-electron chi connectivity index (χ2n) is 4.08. The molecule has 0 aliphatic carbocycles. The van der Waals surface area contributed by atoms with E-state index in [1.54, 1.807) is 0 Å². The molecule has 0 atom stereocenters. The predicted molar refractivity (Wildman–Crippen MR) is 82.0 cm³/mol. The number of rotatable bonds is 1. The quantitative estimate of drug-likeness (QED) is 0.599. The summed E-state index contributed by atoms with van der Waals surface area (Å²) in [6, 6.07) is 15.8. The zero-order valence-corrected chi connectivity index (χ0v) is 11.1. The second kappa shape index (κ2) is 4.56. The van der Waals surface area contributed by atoms with E-state index in [9.17, 15) is 0 Å². The summed E-state index contributed by atoms with van der Waals surface area (Å²) in [4.78, 5) is 0.746. The van der Waals surface area contributed by atoms with Gasteiger partial charge in [-0.3, -0.25) is 0 Å². The lowest BCUT2D eigenvalue weighted by Gasteiger charge is -2.01. The Morgan fingerprint density at radius 3 is 2.56 bits per heavy atom. The van der Waals surface area contributed by atoms with Crippen LogP contribution >= 0.6 is 23.8 Å². The first-order valence-electron chi connectivity index (χ1n) is 5.63. The summed E-state index contributed by atoms with van der Waals surface area (Å²) in [5.74, 6) is 0. The molecule has 1 nitrogen and oxygen atoms in total. The Bertz CT molecular complexity index is 661. The third-order valence-electron chi connectivity index (χ3n) is 2.92. The first-order chi connectivity index (χ1) is 8.75. The predicted octanol–water partition coefficient (Wildman–Crippen LogP) is 4.63. The lowest BCUT2D eigenvalue weighted by molar-refractivity contribution is 1.64. The van der Waals surface area contributed by atoms with Gasteiger partial charge in [0, 0.05) is 21.8 Å². The number of anilines is 1. The average Bonchev–Trinajstić information content (AvgIpc) is 2.69. The summed E-state index contributed by atoms with van der Waals surface area (Å²) < 4.78 is 0. The average molecular weight is 272 g/mol. The zero-order chi connectivity index (χ0) is 12.5. The normalized spacial score (nSPS) is 15.6. The summed E-state index contributed by atoms with van der Waals surface area (Å²) in [6.07, 6.45) is 2.03. The van der Waals surface area contributed by atoms with E-state index in [0.717, 1.165) is 32.4 Å². The fourth-order valence-electron chi connectivity index (χ4n) is 2.03. The molecular formula is C15H10ClNS. The van der Waals surface area contributed by atoms with Crippen molar-refractivity contribution in [1.29, 1.82) is 0 Å². The van der Waals surface area contributed by atoms with Crippen LogP contribution in [0.4, 0.5) is 5.69 Å². The van der Waals surface area contributed by atoms with Crippen LogP contribution in [0.3, 0.4) is 0 Å². The molecule has 18 heavy (non-hydrogen) atoms. The summed E-state index contributed by atoms with van der Waals surface area (Å²) in [5, 5.41) is 3.94. The molecule has 0 bridgehead atoms. The SMILES string of the molecule is S=C1Nc2ccccc2/C1=C/c1ccccc1Cl. The maximum absolute atomic E-state index is 6.17. The lowest BCUT2D eigenvalue weighted by atomic mass is 10.0. The molecule has 1 aliphatic heterocycles. The van der Waals surface area contributed by atoms with Crippen molar-refractivity contribution >= 4 is 46.1 Å². The third kappa shape index (κ3) is 1.94. The van der Waals surface area contributed by atoms with Gasteiger partial charge < -0.3 is 5.32 Å². The smallest absolute Gasteiger partial charge is 0.111 e. The van der Waals surface area contributed by atoms with Gasteiger partial charge in [0.15, 0.2) is 0 Å². The minimum atomic E-state index is 0.734. The Balaban J connectivity index is 2.13. The van der Waals surface area contributed by atoms with Crippen molar-refractivity contribution in [3.63, 3.8) is 0 Å². The van der Waals surface area contributed by atoms with E-state index in [4.69, 9.17) is 23.8 Å². The number of benzene rings is 2. The Morgan fingerprint density at radius 2 is 1.72 bits per heavy atom. The first-order valence-corrected chi connectivity index (χ1v) is 6.41. The van der Waals surface area contributed by atoms with Gasteiger partial charge in [-0.1, -0.05) is 60.2 Å². The lowest BCUT2D eigenvalue weighted by Crippen LogP contribution is -2.00. The van der Waals surface area contributed by atoms with Crippen molar-refractivity contribution in [3.8, 4) is 0 Å². The molecule has 0 unspecified atom stereocenters. The van der Waals surface area contributed by atoms with Gasteiger partial charge in [0.25, 0.3) is 0 Å². The molecule has 0 saturated carbocycles. The highest BCUT2D eigenvalue weighted by atomic mass is 35.5. The van der Waals surface area contributed by atoms with Crippen LogP contribution in [0, 0.1) is 0 Å². The maximum atomic E-state index is 6.17. The molecule has 0 amide bonds. The van der Waals surface area contributed by atoms with Crippen LogP contribution < -0.4 is 5.32 Å². The number of fused-ring (bicyclic) bond motifs is 1. The molecule has 3 heteroatoms. The van der Waals surface area contributed by atoms with Crippen LogP contribution in [0.5, 0.6) is 0 Å². The van der Waals surface area contributed by atoms with Crippen molar-refractivity contribution in [2.75, 3.05) is 5.32 Å². The number of hydrogen-bond acceptors (Lipinski definition) is 1. The number of halogens is 1. The molecule has 0 aromatic heterocycles. The molecule has 2 aromatic carbocycles. The molecule has 3 rings (SSSR count). The fourth-order valence-corrected chi connectivity index (χ4v) is 2.50. The fraction of sp³-hybridized carbons (Fsp3) is 0. The molecule has 0 saturated heterocycles. The molecule has 0 radical (unpaired) electrons. The van der Waals surface area contributed by atoms with E-state index in [1.165, 1.54) is 0 Å². The first kappa shape index (κ1) is 11.5. The number of thiocarbonyl (C=S) groups is 1. The Morgan fingerprint density at radius 1 is 1.00 bits per heavy atom. The molecule has 88 valence electrons. The van der Waals surface area contributed by atoms with Crippen molar-refractivity contribution in [3.05, 3.63) is 64.7 Å². The summed E-state index contributed by atoms with van der Waals surface area (Å²) >= 11 is 11.5. The van der Waals surface area contributed by atoms with Gasteiger partial charge in [-0.25, -0.2) is 0 Å². The van der Waals surface area contributed by atoms with Gasteiger partial charge in [-0.05, 0) is 23.8 Å². The van der Waals surface area contributed by atoms with Crippen LogP contribution in [0.2, 0.25) is 5.02 Å². The van der Waals surface area contributed by atoms with Gasteiger partial charge in [-0.15, -0.1) is 0 Å². The van der Waals surface area contributed by atoms with Crippen molar-refractivity contribution in [2.24, 2.45) is 0 Å². The van der Waals surface area contributed by atoms with Crippen LogP contribution in [0.15, 0.2) is 48.5 Å². The van der Waals surface area contributed by atoms with Gasteiger partial charge in [-0.2, -0.15) is 0 Å². The van der Waals surface area contributed by atoms with Crippen LogP contribution in [0.25, 0.3) is 11.6 Å². The van der Waals surface area contributed by atoms with Crippen LogP contribution in [-0.2, 0) is 0 Å². The zero-order valence-electron chi connectivity index (χ0n) is 9.48. The standard InChI is InChI=1S/C15H10ClNS/c16-13-7-3-1-5-10(13)9-12-11-6-2-4-8-14(11)17-15(12)18/h1-9H,(H,17,18)/b12-9-. The maximum Gasteiger partial charge on any atom is 0.111 e. The van der Waals surface area contributed by atoms with Gasteiger partial charge in [0.05, 0.1) is 0 Å². The molecule has 1 heterocycles. The third-order valence-corrected chi connectivity index (χ3v) is 3.58. The van der Waals surface area contributed by atoms with Gasteiger partial charge in [0.2, 0.25) is 0 Å². The highest BCUT2D eigenvalue weighted by molar-refractivity contribution is 7.81. The molecule has 0 spiro atoms. The largest absolute Gasteiger partial charge is 0.346 e. The Hall–Kier alpha value is -1.64. The molecule has 1 N–H and O–H groups in total. The Kier molecular flexibility index (Phi) is 2.90. The highest BCUT2D eigenvalue weighted by Crippen LogP contribution is 2.34. The highest BCUT2D eigenvalue weighted by Gasteiger charge is 2.20. The monoisotopic (exact) mass is 271 g/mol. The van der Waals surface area contributed by atoms with Crippen LogP contribution in [-0.4, -0.2) is 4.99 Å². The van der Waals surface area contributed by atoms with E-state index in [0.29, 0.717) is 0 Å². The van der Waals surface area contributed by atoms with E-state index >= 15 is 0 Å². The van der Waals surface area contributed by atoms with Crippen molar-refractivity contribution in [1.82, 2.24) is 0 Å². The Labute approximate surface area is 116 Å². The van der Waals surface area contributed by atoms with Crippen molar-refractivity contribution in [2.45, 2.75) is 0 Å².